The number of aromatic carboxylic acids is 1. The van der Waals surface area contributed by atoms with Gasteiger partial charge in [-0.3, -0.25) is 4.79 Å². The summed E-state index contributed by atoms with van der Waals surface area (Å²) >= 11 is 0. The normalized spacial score (nSPS) is 10.7. The van der Waals surface area contributed by atoms with Crippen LogP contribution in [-0.2, 0) is 20.0 Å². The van der Waals surface area contributed by atoms with Crippen LogP contribution in [0.1, 0.15) is 28.5 Å². The number of carboxylic acids is 1. The number of pyridine rings is 1. The summed E-state index contributed by atoms with van der Waals surface area (Å²) in [4.78, 5) is 26.0. The Morgan fingerprint density at radius 1 is 1.27 bits per heavy atom. The summed E-state index contributed by atoms with van der Waals surface area (Å²) in [6.45, 7) is 2.71. The van der Waals surface area contributed by atoms with Gasteiger partial charge < -0.3 is 20.0 Å². The molecule has 0 amide bonds. The summed E-state index contributed by atoms with van der Waals surface area (Å²) in [5.74, 6) is -1.21. The van der Waals surface area contributed by atoms with E-state index in [1.54, 1.807) is 0 Å². The van der Waals surface area contributed by atoms with Crippen molar-refractivity contribution in [1.82, 2.24) is 14.9 Å². The van der Waals surface area contributed by atoms with Crippen LogP contribution in [0.15, 0.2) is 35.1 Å². The standard InChI is InChI=1S/C19H21N3O3.ClH/c1-4-11-9-15(19(24)25)18(23)21-17(11)12-5-6-16-13(7-12)8-14(10-20-2)22(16)3;/h5-9,20H,4,10H2,1-3H3,(H,21,23)(H,24,25);1H. The van der Waals surface area contributed by atoms with Crippen molar-refractivity contribution >= 4 is 29.3 Å². The minimum atomic E-state index is -1.21. The zero-order valence-electron chi connectivity index (χ0n) is 14.9. The molecule has 3 rings (SSSR count). The highest BCUT2D eigenvalue weighted by atomic mass is 35.5. The fourth-order valence-corrected chi connectivity index (χ4v) is 3.18. The molecule has 2 aromatic heterocycles. The third-order valence-electron chi connectivity index (χ3n) is 4.52. The Balaban J connectivity index is 0.00000243. The molecule has 0 saturated heterocycles. The first kappa shape index (κ1) is 19.8. The third kappa shape index (κ3) is 3.38. The molecule has 0 unspecified atom stereocenters. The maximum Gasteiger partial charge on any atom is 0.341 e. The molecule has 2 heterocycles. The first-order valence-corrected chi connectivity index (χ1v) is 8.19. The van der Waals surface area contributed by atoms with Crippen LogP contribution >= 0.6 is 12.4 Å². The summed E-state index contributed by atoms with van der Waals surface area (Å²) < 4.78 is 2.13. The number of hydrogen-bond donors (Lipinski definition) is 3. The van der Waals surface area contributed by atoms with Gasteiger partial charge in [0.25, 0.3) is 5.56 Å². The molecular weight excluding hydrogens is 354 g/mol. The number of aryl methyl sites for hydroxylation is 2. The highest BCUT2D eigenvalue weighted by molar-refractivity contribution is 5.89. The molecule has 0 bridgehead atoms. The largest absolute Gasteiger partial charge is 0.477 e. The van der Waals surface area contributed by atoms with E-state index in [0.29, 0.717) is 12.1 Å². The zero-order chi connectivity index (χ0) is 18.1. The highest BCUT2D eigenvalue weighted by Gasteiger charge is 2.15. The van der Waals surface area contributed by atoms with Gasteiger partial charge in [-0.15, -0.1) is 12.4 Å². The number of hydrogen-bond acceptors (Lipinski definition) is 3. The SMILES string of the molecule is CCc1cc(C(=O)O)c(=O)[nH]c1-c1ccc2c(c1)cc(CNC)n2C.Cl. The molecule has 0 aliphatic carbocycles. The molecule has 0 radical (unpaired) electrons. The van der Waals surface area contributed by atoms with Crippen molar-refractivity contribution in [1.29, 1.82) is 0 Å². The lowest BCUT2D eigenvalue weighted by molar-refractivity contribution is 0.0695. The summed E-state index contributed by atoms with van der Waals surface area (Å²) in [5.41, 5.74) is 3.83. The van der Waals surface area contributed by atoms with Gasteiger partial charge in [-0.25, -0.2) is 4.79 Å². The first-order valence-electron chi connectivity index (χ1n) is 8.19. The molecule has 0 aliphatic rings. The number of carboxylic acid groups (broad SMARTS) is 1. The Hall–Kier alpha value is -2.57. The second kappa shape index (κ2) is 7.76. The maximum atomic E-state index is 12.1. The maximum absolute atomic E-state index is 12.1. The van der Waals surface area contributed by atoms with Crippen LogP contribution in [0.5, 0.6) is 0 Å². The molecule has 0 spiro atoms. The molecule has 6 nitrogen and oxygen atoms in total. The van der Waals surface area contributed by atoms with E-state index in [2.05, 4.69) is 20.9 Å². The van der Waals surface area contributed by atoms with E-state index in [-0.39, 0.29) is 18.0 Å². The van der Waals surface area contributed by atoms with Gasteiger partial charge in [0.05, 0.1) is 5.69 Å². The molecule has 1 aromatic carbocycles. The number of H-pyrrole nitrogens is 1. The molecule has 0 atom stereocenters. The zero-order valence-corrected chi connectivity index (χ0v) is 15.7. The van der Waals surface area contributed by atoms with E-state index in [1.165, 1.54) is 11.8 Å². The minimum Gasteiger partial charge on any atom is -0.477 e. The molecule has 0 aliphatic heterocycles. The topological polar surface area (TPSA) is 87.1 Å². The molecular formula is C19H22ClN3O3. The van der Waals surface area contributed by atoms with Gasteiger partial charge in [0.15, 0.2) is 0 Å². The number of aromatic nitrogens is 2. The van der Waals surface area contributed by atoms with Crippen LogP contribution in [-0.4, -0.2) is 27.7 Å². The van der Waals surface area contributed by atoms with E-state index in [4.69, 9.17) is 5.11 Å². The van der Waals surface area contributed by atoms with Gasteiger partial charge in [-0.05, 0) is 48.9 Å². The van der Waals surface area contributed by atoms with Crippen LogP contribution in [0.25, 0.3) is 22.2 Å². The van der Waals surface area contributed by atoms with Crippen molar-refractivity contribution < 1.29 is 9.90 Å². The Morgan fingerprint density at radius 2 is 2.00 bits per heavy atom. The Kier molecular flexibility index (Phi) is 5.90. The number of aromatic amines is 1. The highest BCUT2D eigenvalue weighted by Crippen LogP contribution is 2.27. The summed E-state index contributed by atoms with van der Waals surface area (Å²) in [6.07, 6.45) is 0.629. The van der Waals surface area contributed by atoms with Gasteiger partial charge in [0.1, 0.15) is 5.56 Å². The van der Waals surface area contributed by atoms with Crippen LogP contribution in [0.2, 0.25) is 0 Å². The predicted molar refractivity (Wildman–Crippen MR) is 105 cm³/mol. The number of benzene rings is 1. The lowest BCUT2D eigenvalue weighted by Crippen LogP contribution is -2.19. The van der Waals surface area contributed by atoms with E-state index >= 15 is 0 Å². The number of carbonyl (C=O) groups is 1. The lowest BCUT2D eigenvalue weighted by Gasteiger charge is -2.10. The van der Waals surface area contributed by atoms with Gasteiger partial charge in [-0.1, -0.05) is 13.0 Å². The van der Waals surface area contributed by atoms with E-state index in [9.17, 15) is 9.59 Å². The van der Waals surface area contributed by atoms with Gasteiger partial charge in [0.2, 0.25) is 0 Å². The average molecular weight is 376 g/mol. The van der Waals surface area contributed by atoms with Gasteiger partial charge in [0, 0.05) is 30.2 Å². The number of fused-ring (bicyclic) bond motifs is 1. The quantitative estimate of drug-likeness (QED) is 0.639. The number of nitrogens with zero attached hydrogens (tertiary/aromatic N) is 1. The van der Waals surface area contributed by atoms with Crippen molar-refractivity contribution in [3.05, 3.63) is 57.5 Å². The Bertz CT molecular complexity index is 1020. The smallest absolute Gasteiger partial charge is 0.341 e. The summed E-state index contributed by atoms with van der Waals surface area (Å²) in [5, 5.41) is 13.4. The molecule has 3 aromatic rings. The molecule has 26 heavy (non-hydrogen) atoms. The van der Waals surface area contributed by atoms with Crippen LogP contribution in [0.4, 0.5) is 0 Å². The number of rotatable bonds is 5. The number of halogens is 1. The summed E-state index contributed by atoms with van der Waals surface area (Å²) in [7, 11) is 3.93. The second-order valence-corrected chi connectivity index (χ2v) is 6.07. The van der Waals surface area contributed by atoms with Crippen molar-refractivity contribution in [3.8, 4) is 11.3 Å². The van der Waals surface area contributed by atoms with Gasteiger partial charge >= 0.3 is 5.97 Å². The van der Waals surface area contributed by atoms with Crippen LogP contribution in [0.3, 0.4) is 0 Å². The third-order valence-corrected chi connectivity index (χ3v) is 4.52. The lowest BCUT2D eigenvalue weighted by atomic mass is 10.0. The van der Waals surface area contributed by atoms with Crippen molar-refractivity contribution in [2.45, 2.75) is 19.9 Å². The van der Waals surface area contributed by atoms with E-state index < -0.39 is 11.5 Å². The number of nitrogens with one attached hydrogen (secondary N) is 2. The predicted octanol–water partition coefficient (Wildman–Crippen LogP) is 2.94. The average Bonchev–Trinajstić information content (AvgIpc) is 2.90. The fraction of sp³-hybridized carbons (Fsp3) is 0.263. The van der Waals surface area contributed by atoms with Crippen molar-refractivity contribution in [2.75, 3.05) is 7.05 Å². The minimum absolute atomic E-state index is 0. The first-order chi connectivity index (χ1) is 12.0. The molecule has 7 heteroatoms. The fourth-order valence-electron chi connectivity index (χ4n) is 3.18. The Morgan fingerprint density at radius 3 is 2.62 bits per heavy atom. The van der Waals surface area contributed by atoms with Crippen LogP contribution < -0.4 is 10.9 Å². The molecule has 0 saturated carbocycles. The van der Waals surface area contributed by atoms with Crippen LogP contribution in [0, 0.1) is 0 Å². The molecule has 3 N–H and O–H groups in total. The van der Waals surface area contributed by atoms with E-state index in [0.717, 1.165) is 28.6 Å². The van der Waals surface area contributed by atoms with Crippen molar-refractivity contribution in [3.63, 3.8) is 0 Å². The van der Waals surface area contributed by atoms with Crippen molar-refractivity contribution in [2.24, 2.45) is 7.05 Å². The van der Waals surface area contributed by atoms with Gasteiger partial charge in [-0.2, -0.15) is 0 Å². The monoisotopic (exact) mass is 375 g/mol. The van der Waals surface area contributed by atoms with E-state index in [1.807, 2.05) is 39.2 Å². The molecule has 138 valence electrons. The summed E-state index contributed by atoms with van der Waals surface area (Å²) in [6, 6.07) is 9.59. The second-order valence-electron chi connectivity index (χ2n) is 6.07. The molecule has 0 fully saturated rings. The Labute approximate surface area is 157 Å².